The van der Waals surface area contributed by atoms with Crippen LogP contribution in [0.3, 0.4) is 0 Å². The number of rotatable bonds is 4. The largest absolute Gasteiger partial charge is 0.480 e. The van der Waals surface area contributed by atoms with Gasteiger partial charge >= 0.3 is 0 Å². The Bertz CT molecular complexity index is 1000. The van der Waals surface area contributed by atoms with Crippen LogP contribution in [0.15, 0.2) is 60.7 Å². The zero-order chi connectivity index (χ0) is 18.4. The van der Waals surface area contributed by atoms with Gasteiger partial charge in [0.1, 0.15) is 12.4 Å². The van der Waals surface area contributed by atoms with Crippen LogP contribution in [0.4, 0.5) is 0 Å². The number of nitrogens with one attached hydrogen (secondary N) is 1. The molecule has 0 radical (unpaired) electrons. The van der Waals surface area contributed by atoms with Crippen molar-refractivity contribution in [2.24, 2.45) is 0 Å². The molecule has 0 aliphatic heterocycles. The van der Waals surface area contributed by atoms with Gasteiger partial charge in [-0.2, -0.15) is 0 Å². The Kier molecular flexibility index (Phi) is 6.01. The fraction of sp³-hybridized carbons (Fsp3) is 0.0952. The third kappa shape index (κ3) is 4.49. The van der Waals surface area contributed by atoms with Crippen molar-refractivity contribution < 1.29 is 9.53 Å². The Hall–Kier alpha value is -2.67. The maximum absolute atomic E-state index is 12.0. The molecular formula is C21H15Cl2NO2. The van der Waals surface area contributed by atoms with Crippen molar-refractivity contribution in [3.8, 4) is 17.6 Å². The average Bonchev–Trinajstić information content (AvgIpc) is 2.64. The molecule has 3 aromatic carbocycles. The zero-order valence-corrected chi connectivity index (χ0v) is 15.3. The van der Waals surface area contributed by atoms with Crippen molar-refractivity contribution in [1.82, 2.24) is 5.32 Å². The summed E-state index contributed by atoms with van der Waals surface area (Å²) in [5.41, 5.74) is 0.366. The second-order valence-corrected chi connectivity index (χ2v) is 6.27. The Morgan fingerprint density at radius 2 is 1.81 bits per heavy atom. The molecule has 0 heterocycles. The van der Waals surface area contributed by atoms with E-state index in [1.54, 1.807) is 12.1 Å². The number of ether oxygens (including phenoxy) is 1. The Balaban J connectivity index is 1.52. The van der Waals surface area contributed by atoms with E-state index in [0.29, 0.717) is 15.6 Å². The van der Waals surface area contributed by atoms with Gasteiger partial charge in [0.05, 0.1) is 17.1 Å². The van der Waals surface area contributed by atoms with E-state index in [9.17, 15) is 4.79 Å². The molecule has 0 bridgehead atoms. The Morgan fingerprint density at radius 1 is 1.00 bits per heavy atom. The average molecular weight is 384 g/mol. The molecular weight excluding hydrogens is 369 g/mol. The first-order valence-electron chi connectivity index (χ1n) is 7.94. The quantitative estimate of drug-likeness (QED) is 0.646. The van der Waals surface area contributed by atoms with E-state index < -0.39 is 0 Å². The van der Waals surface area contributed by atoms with Crippen LogP contribution in [0.5, 0.6) is 5.75 Å². The number of amides is 1. The van der Waals surface area contributed by atoms with E-state index in [-0.39, 0.29) is 19.1 Å². The van der Waals surface area contributed by atoms with Gasteiger partial charge in [0.15, 0.2) is 0 Å². The fourth-order valence-corrected chi connectivity index (χ4v) is 2.94. The van der Waals surface area contributed by atoms with Crippen LogP contribution in [0.2, 0.25) is 10.0 Å². The van der Waals surface area contributed by atoms with Crippen LogP contribution in [0, 0.1) is 11.8 Å². The molecule has 1 N–H and O–H groups in total. The summed E-state index contributed by atoms with van der Waals surface area (Å²) in [7, 11) is 0. The SMILES string of the molecule is O=C(NCC#CCOc1cccc2ccccc12)c1ccc(Cl)cc1Cl. The Morgan fingerprint density at radius 3 is 2.65 bits per heavy atom. The van der Waals surface area contributed by atoms with Crippen molar-refractivity contribution >= 4 is 39.9 Å². The molecule has 0 unspecified atom stereocenters. The molecule has 3 aromatic rings. The van der Waals surface area contributed by atoms with Crippen molar-refractivity contribution in [2.75, 3.05) is 13.2 Å². The van der Waals surface area contributed by atoms with Gasteiger partial charge in [-0.3, -0.25) is 4.79 Å². The summed E-state index contributed by atoms with van der Waals surface area (Å²) in [5, 5.41) is 5.64. The van der Waals surface area contributed by atoms with Gasteiger partial charge < -0.3 is 10.1 Å². The molecule has 0 spiro atoms. The first kappa shape index (κ1) is 18.1. The lowest BCUT2D eigenvalue weighted by molar-refractivity contribution is 0.0959. The molecule has 0 saturated carbocycles. The van der Waals surface area contributed by atoms with E-state index in [1.807, 2.05) is 42.5 Å². The maximum atomic E-state index is 12.0. The third-order valence-corrected chi connectivity index (χ3v) is 4.24. The van der Waals surface area contributed by atoms with Gasteiger partial charge in [-0.15, -0.1) is 0 Å². The molecule has 0 saturated heterocycles. The highest BCUT2D eigenvalue weighted by Crippen LogP contribution is 2.24. The molecule has 5 heteroatoms. The van der Waals surface area contributed by atoms with Crippen LogP contribution < -0.4 is 10.1 Å². The van der Waals surface area contributed by atoms with Crippen LogP contribution in [-0.2, 0) is 0 Å². The highest BCUT2D eigenvalue weighted by molar-refractivity contribution is 6.36. The summed E-state index contributed by atoms with van der Waals surface area (Å²) in [6.45, 7) is 0.447. The lowest BCUT2D eigenvalue weighted by atomic mass is 10.1. The van der Waals surface area contributed by atoms with Crippen molar-refractivity contribution in [1.29, 1.82) is 0 Å². The van der Waals surface area contributed by atoms with Gasteiger partial charge in [0, 0.05) is 10.4 Å². The van der Waals surface area contributed by atoms with E-state index in [1.165, 1.54) is 6.07 Å². The summed E-state index contributed by atoms with van der Waals surface area (Å²) < 4.78 is 5.72. The van der Waals surface area contributed by atoms with Crippen molar-refractivity contribution in [2.45, 2.75) is 0 Å². The minimum absolute atomic E-state index is 0.205. The number of hydrogen-bond acceptors (Lipinski definition) is 2. The highest BCUT2D eigenvalue weighted by Gasteiger charge is 2.09. The minimum Gasteiger partial charge on any atom is -0.480 e. The Labute approximate surface area is 161 Å². The normalized spacial score (nSPS) is 10.1. The van der Waals surface area contributed by atoms with Gasteiger partial charge in [-0.05, 0) is 29.7 Å². The van der Waals surface area contributed by atoms with Crippen LogP contribution in [-0.4, -0.2) is 19.1 Å². The topological polar surface area (TPSA) is 38.3 Å². The number of fused-ring (bicyclic) bond motifs is 1. The lowest BCUT2D eigenvalue weighted by Gasteiger charge is -2.06. The van der Waals surface area contributed by atoms with E-state index in [2.05, 4.69) is 17.2 Å². The molecule has 0 aromatic heterocycles. The molecule has 0 aliphatic carbocycles. The first-order chi connectivity index (χ1) is 12.6. The predicted molar refractivity (Wildman–Crippen MR) is 106 cm³/mol. The smallest absolute Gasteiger partial charge is 0.253 e. The van der Waals surface area contributed by atoms with Crippen molar-refractivity contribution in [3.63, 3.8) is 0 Å². The van der Waals surface area contributed by atoms with Crippen LogP contribution in [0.25, 0.3) is 10.8 Å². The molecule has 0 atom stereocenters. The second kappa shape index (κ2) is 8.62. The number of hydrogen-bond donors (Lipinski definition) is 1. The highest BCUT2D eigenvalue weighted by atomic mass is 35.5. The molecule has 3 nitrogen and oxygen atoms in total. The standard InChI is InChI=1S/C21H15Cl2NO2/c22-16-10-11-18(19(23)14-16)21(25)24-12-3-4-13-26-20-9-5-7-15-6-1-2-8-17(15)20/h1-2,5-11,14H,12-13H2,(H,24,25). The maximum Gasteiger partial charge on any atom is 0.253 e. The zero-order valence-electron chi connectivity index (χ0n) is 13.8. The summed E-state index contributed by atoms with van der Waals surface area (Å²) in [6, 6.07) is 18.6. The number of halogens is 2. The summed E-state index contributed by atoms with van der Waals surface area (Å²) >= 11 is 11.8. The number of carbonyl (C=O) groups excluding carboxylic acids is 1. The van der Waals surface area contributed by atoms with E-state index >= 15 is 0 Å². The summed E-state index contributed by atoms with van der Waals surface area (Å²) in [5.74, 6) is 6.24. The van der Waals surface area contributed by atoms with E-state index in [0.717, 1.165) is 16.5 Å². The van der Waals surface area contributed by atoms with E-state index in [4.69, 9.17) is 27.9 Å². The molecule has 0 fully saturated rings. The number of carbonyl (C=O) groups is 1. The first-order valence-corrected chi connectivity index (χ1v) is 8.70. The molecule has 1 amide bonds. The third-order valence-electron chi connectivity index (χ3n) is 3.69. The second-order valence-electron chi connectivity index (χ2n) is 5.43. The summed E-state index contributed by atoms with van der Waals surface area (Å²) in [6.07, 6.45) is 0. The molecule has 26 heavy (non-hydrogen) atoms. The van der Waals surface area contributed by atoms with Crippen LogP contribution in [0.1, 0.15) is 10.4 Å². The molecule has 130 valence electrons. The lowest BCUT2D eigenvalue weighted by Crippen LogP contribution is -2.23. The fourth-order valence-electron chi connectivity index (χ4n) is 2.44. The minimum atomic E-state index is -0.295. The molecule has 3 rings (SSSR count). The van der Waals surface area contributed by atoms with Gasteiger partial charge in [0.2, 0.25) is 0 Å². The summed E-state index contributed by atoms with van der Waals surface area (Å²) in [4.78, 5) is 12.0. The van der Waals surface area contributed by atoms with Crippen LogP contribution >= 0.6 is 23.2 Å². The predicted octanol–water partition coefficient (Wildman–Crippen LogP) is 4.96. The van der Waals surface area contributed by atoms with Gasteiger partial charge in [-0.1, -0.05) is 71.4 Å². The van der Waals surface area contributed by atoms with Crippen molar-refractivity contribution in [3.05, 3.63) is 76.3 Å². The van der Waals surface area contributed by atoms with Gasteiger partial charge in [-0.25, -0.2) is 0 Å². The van der Waals surface area contributed by atoms with Gasteiger partial charge in [0.25, 0.3) is 5.91 Å². The monoisotopic (exact) mass is 383 g/mol. The molecule has 0 aliphatic rings. The number of benzene rings is 3.